The van der Waals surface area contributed by atoms with E-state index in [1.54, 1.807) is 50.3 Å². The number of carbonyl (C=O) groups excluding carboxylic acids is 1. The number of allylic oxidation sites excluding steroid dienone is 1. The first-order valence-electron chi connectivity index (χ1n) is 13.0. The first kappa shape index (κ1) is 29.3. The van der Waals surface area contributed by atoms with Gasteiger partial charge in [-0.2, -0.15) is 0 Å². The van der Waals surface area contributed by atoms with Crippen LogP contribution in [-0.4, -0.2) is 43.4 Å². The molecule has 1 aliphatic heterocycles. The number of fused-ring (bicyclic) bond motifs is 1. The molecule has 0 saturated heterocycles. The Kier molecular flexibility index (Phi) is 8.17. The fraction of sp³-hybridized carbons (Fsp3) is 0.233. The molecule has 5 rings (SSSR count). The van der Waals surface area contributed by atoms with E-state index in [1.807, 2.05) is 0 Å². The van der Waals surface area contributed by atoms with Crippen molar-refractivity contribution in [3.05, 3.63) is 101 Å². The average molecular weight is 606 g/mol. The third kappa shape index (κ3) is 5.42. The summed E-state index contributed by atoms with van der Waals surface area (Å²) in [5.74, 6) is 1.40. The van der Waals surface area contributed by atoms with Crippen LogP contribution in [0.15, 0.2) is 74.0 Å². The van der Waals surface area contributed by atoms with Crippen LogP contribution in [0.4, 0.5) is 5.69 Å². The van der Waals surface area contributed by atoms with Crippen molar-refractivity contribution in [3.8, 4) is 28.6 Å². The van der Waals surface area contributed by atoms with Crippen molar-refractivity contribution in [3.63, 3.8) is 0 Å². The normalized spacial score (nSPS) is 14.6. The number of furan rings is 1. The van der Waals surface area contributed by atoms with Crippen molar-refractivity contribution in [2.24, 2.45) is 4.99 Å². The second-order valence-corrected chi connectivity index (χ2v) is 10.3. The lowest BCUT2D eigenvalue weighted by Gasteiger charge is -2.26. The lowest BCUT2D eigenvalue weighted by atomic mass is 9.95. The van der Waals surface area contributed by atoms with E-state index in [4.69, 9.17) is 23.4 Å². The number of methoxy groups -OCH3 is 3. The molecular formula is C30H27N3O9S. The van der Waals surface area contributed by atoms with E-state index >= 15 is 0 Å². The average Bonchev–Trinajstić information content (AvgIpc) is 3.59. The third-order valence-electron chi connectivity index (χ3n) is 6.81. The summed E-state index contributed by atoms with van der Waals surface area (Å²) in [6.45, 7) is 3.55. The molecule has 0 amide bonds. The van der Waals surface area contributed by atoms with E-state index < -0.39 is 22.5 Å². The van der Waals surface area contributed by atoms with E-state index in [2.05, 4.69) is 4.99 Å². The topological polar surface area (TPSA) is 145 Å². The van der Waals surface area contributed by atoms with Gasteiger partial charge in [0.1, 0.15) is 34.8 Å². The van der Waals surface area contributed by atoms with Crippen LogP contribution in [0.25, 0.3) is 17.4 Å². The Balaban J connectivity index is 1.64. The molecule has 3 heterocycles. The standard InChI is InChI=1S/C30H27N3O9S/c1-6-41-29(35)26-16(2)31-30-32(27(26)21-11-8-18(38-3)14-24(21)40-5)28(34)25(43-30)15-19-9-12-22(42-19)20-10-7-17(33(36)37)13-23(20)39-4/h7-15,27H,6H2,1-5H3/b25-15-/t27-/m1/s1. The number of thiazole rings is 1. The molecule has 0 unspecified atom stereocenters. The minimum atomic E-state index is -0.880. The number of esters is 1. The molecule has 1 atom stereocenters. The Labute approximate surface area is 248 Å². The molecule has 2 aromatic heterocycles. The molecule has 0 N–H and O–H groups in total. The second-order valence-electron chi connectivity index (χ2n) is 9.25. The monoisotopic (exact) mass is 605 g/mol. The van der Waals surface area contributed by atoms with Gasteiger partial charge in [-0.05, 0) is 44.2 Å². The van der Waals surface area contributed by atoms with Gasteiger partial charge in [0.15, 0.2) is 4.80 Å². The summed E-state index contributed by atoms with van der Waals surface area (Å²) < 4.78 is 29.4. The highest BCUT2D eigenvalue weighted by atomic mass is 32.1. The van der Waals surface area contributed by atoms with Crippen molar-refractivity contribution < 1.29 is 33.1 Å². The van der Waals surface area contributed by atoms with Crippen LogP contribution >= 0.6 is 11.3 Å². The van der Waals surface area contributed by atoms with Crippen molar-refractivity contribution >= 4 is 29.1 Å². The number of nitrogens with zero attached hydrogens (tertiary/aromatic N) is 3. The van der Waals surface area contributed by atoms with Gasteiger partial charge in [-0.3, -0.25) is 19.5 Å². The van der Waals surface area contributed by atoms with Gasteiger partial charge >= 0.3 is 5.97 Å². The zero-order chi connectivity index (χ0) is 30.8. The zero-order valence-corrected chi connectivity index (χ0v) is 24.7. The van der Waals surface area contributed by atoms with E-state index in [0.29, 0.717) is 49.2 Å². The lowest BCUT2D eigenvalue weighted by Crippen LogP contribution is -2.40. The van der Waals surface area contributed by atoms with Gasteiger partial charge in [0, 0.05) is 23.8 Å². The molecule has 0 fully saturated rings. The van der Waals surface area contributed by atoms with Crippen molar-refractivity contribution in [1.82, 2.24) is 4.57 Å². The van der Waals surface area contributed by atoms with E-state index in [-0.39, 0.29) is 23.6 Å². The Morgan fingerprint density at radius 3 is 2.53 bits per heavy atom. The van der Waals surface area contributed by atoms with Crippen LogP contribution in [0.2, 0.25) is 0 Å². The molecule has 222 valence electrons. The van der Waals surface area contributed by atoms with Crippen LogP contribution in [0.5, 0.6) is 17.2 Å². The Morgan fingerprint density at radius 1 is 1.09 bits per heavy atom. The molecule has 1 aliphatic rings. The predicted molar refractivity (Wildman–Crippen MR) is 157 cm³/mol. The van der Waals surface area contributed by atoms with E-state index in [0.717, 1.165) is 11.3 Å². The number of ether oxygens (including phenoxy) is 4. The van der Waals surface area contributed by atoms with Crippen molar-refractivity contribution in [2.75, 3.05) is 27.9 Å². The van der Waals surface area contributed by atoms with Gasteiger partial charge < -0.3 is 23.4 Å². The van der Waals surface area contributed by atoms with Gasteiger partial charge in [-0.1, -0.05) is 11.3 Å². The van der Waals surface area contributed by atoms with Crippen LogP contribution < -0.4 is 29.1 Å². The second kappa shape index (κ2) is 12.0. The van der Waals surface area contributed by atoms with Gasteiger partial charge in [0.25, 0.3) is 11.2 Å². The lowest BCUT2D eigenvalue weighted by molar-refractivity contribution is -0.384. The summed E-state index contributed by atoms with van der Waals surface area (Å²) in [5, 5.41) is 11.2. The summed E-state index contributed by atoms with van der Waals surface area (Å²) in [5.41, 5.74) is 1.18. The number of rotatable bonds is 9. The SMILES string of the molecule is CCOC(=O)C1=C(C)N=c2s/c(=C\c3ccc(-c4ccc([N+](=O)[O-])cc4OC)o3)c(=O)n2[C@@H]1c1ccc(OC)cc1OC. The highest BCUT2D eigenvalue weighted by molar-refractivity contribution is 7.07. The molecular weight excluding hydrogens is 578 g/mol. The molecule has 13 heteroatoms. The minimum Gasteiger partial charge on any atom is -0.497 e. The maximum atomic E-state index is 14.0. The number of aromatic nitrogens is 1. The summed E-state index contributed by atoms with van der Waals surface area (Å²) in [6, 6.07) is 11.8. The smallest absolute Gasteiger partial charge is 0.338 e. The number of hydrogen-bond acceptors (Lipinski definition) is 11. The molecule has 0 saturated carbocycles. The van der Waals surface area contributed by atoms with Crippen LogP contribution in [0.3, 0.4) is 0 Å². The number of benzene rings is 2. The zero-order valence-electron chi connectivity index (χ0n) is 23.9. The van der Waals surface area contributed by atoms with Gasteiger partial charge in [-0.15, -0.1) is 0 Å². The molecule has 0 spiro atoms. The summed E-state index contributed by atoms with van der Waals surface area (Å²) in [4.78, 5) is 42.8. The summed E-state index contributed by atoms with van der Waals surface area (Å²) in [7, 11) is 4.44. The molecule has 2 aromatic carbocycles. The summed E-state index contributed by atoms with van der Waals surface area (Å²) in [6.07, 6.45) is 1.58. The summed E-state index contributed by atoms with van der Waals surface area (Å²) >= 11 is 1.14. The molecule has 0 radical (unpaired) electrons. The fourth-order valence-corrected chi connectivity index (χ4v) is 5.86. The highest BCUT2D eigenvalue weighted by Crippen LogP contribution is 2.38. The van der Waals surface area contributed by atoms with Crippen molar-refractivity contribution in [1.29, 1.82) is 0 Å². The van der Waals surface area contributed by atoms with Gasteiger partial charge in [0.05, 0.1) is 60.3 Å². The Bertz CT molecular complexity index is 1950. The minimum absolute atomic E-state index is 0.117. The number of hydrogen-bond donors (Lipinski definition) is 0. The molecule has 12 nitrogen and oxygen atoms in total. The molecule has 43 heavy (non-hydrogen) atoms. The molecule has 0 bridgehead atoms. The number of nitro benzene ring substituents is 1. The first-order chi connectivity index (χ1) is 20.7. The van der Waals surface area contributed by atoms with E-state index in [1.165, 1.54) is 44.1 Å². The Morgan fingerprint density at radius 2 is 1.86 bits per heavy atom. The van der Waals surface area contributed by atoms with Gasteiger partial charge in [0.2, 0.25) is 0 Å². The fourth-order valence-electron chi connectivity index (χ4n) is 4.83. The maximum absolute atomic E-state index is 14.0. The molecule has 0 aliphatic carbocycles. The van der Waals surface area contributed by atoms with Crippen LogP contribution in [0, 0.1) is 10.1 Å². The largest absolute Gasteiger partial charge is 0.497 e. The number of carbonyl (C=O) groups is 1. The number of non-ortho nitro benzene ring substituents is 1. The first-order valence-corrected chi connectivity index (χ1v) is 13.9. The van der Waals surface area contributed by atoms with Crippen LogP contribution in [0.1, 0.15) is 31.2 Å². The van der Waals surface area contributed by atoms with Crippen LogP contribution in [-0.2, 0) is 9.53 Å². The van der Waals surface area contributed by atoms with Gasteiger partial charge in [-0.25, -0.2) is 9.79 Å². The van der Waals surface area contributed by atoms with E-state index in [9.17, 15) is 19.7 Å². The quantitative estimate of drug-likeness (QED) is 0.157. The number of nitro groups is 1. The third-order valence-corrected chi connectivity index (χ3v) is 7.80. The Hall–Kier alpha value is -5.17. The molecule has 4 aromatic rings. The maximum Gasteiger partial charge on any atom is 0.338 e. The van der Waals surface area contributed by atoms with Crippen molar-refractivity contribution in [2.45, 2.75) is 19.9 Å². The predicted octanol–water partition coefficient (Wildman–Crippen LogP) is 3.99. The highest BCUT2D eigenvalue weighted by Gasteiger charge is 2.35.